The summed E-state index contributed by atoms with van der Waals surface area (Å²) in [5, 5.41) is 10.2. The van der Waals surface area contributed by atoms with Crippen molar-refractivity contribution in [2.24, 2.45) is 0 Å². The summed E-state index contributed by atoms with van der Waals surface area (Å²) in [6.45, 7) is 0.180. The van der Waals surface area contributed by atoms with E-state index in [1.807, 2.05) is 24.3 Å². The maximum atomic E-state index is 12.1. The molecule has 1 aromatic heterocycles. The smallest absolute Gasteiger partial charge is 0.250 e. The second-order valence-corrected chi connectivity index (χ2v) is 13.6. The highest BCUT2D eigenvalue weighted by atomic mass is 35.6. The van der Waals surface area contributed by atoms with E-state index in [2.05, 4.69) is 15.0 Å². The average molecular weight is 654 g/mol. The molecule has 1 saturated carbocycles. The van der Waals surface area contributed by atoms with Crippen LogP contribution in [0.2, 0.25) is 0 Å². The molecule has 0 bridgehead atoms. The van der Waals surface area contributed by atoms with Crippen LogP contribution in [0.4, 0.5) is 0 Å². The van der Waals surface area contributed by atoms with Crippen molar-refractivity contribution in [3.05, 3.63) is 77.1 Å². The molecule has 0 amide bonds. The number of nitrogens with zero attached hydrogens (tertiary/aromatic N) is 3. The molecule has 1 N–H and O–H groups in total. The molecule has 13 heteroatoms. The molecule has 0 unspecified atom stereocenters. The van der Waals surface area contributed by atoms with Gasteiger partial charge in [-0.3, -0.25) is 4.79 Å². The molecule has 2 aliphatic rings. The lowest BCUT2D eigenvalue weighted by Gasteiger charge is -2.30. The molecule has 0 spiro atoms. The quantitative estimate of drug-likeness (QED) is 0.231. The second-order valence-electron chi connectivity index (χ2n) is 9.05. The number of ketones is 1. The van der Waals surface area contributed by atoms with Crippen molar-refractivity contribution in [3.63, 3.8) is 0 Å². The van der Waals surface area contributed by atoms with Crippen molar-refractivity contribution in [1.82, 2.24) is 15.0 Å². The summed E-state index contributed by atoms with van der Waals surface area (Å²) >= 11 is 35.1. The number of aliphatic hydroxyl groups is 1. The van der Waals surface area contributed by atoms with Crippen LogP contribution in [-0.2, 0) is 14.0 Å². The van der Waals surface area contributed by atoms with Crippen LogP contribution in [0, 0.1) is 0 Å². The van der Waals surface area contributed by atoms with Crippen molar-refractivity contribution < 1.29 is 19.4 Å². The fourth-order valence-electron chi connectivity index (χ4n) is 4.21. The first-order valence-corrected chi connectivity index (χ1v) is 14.2. The van der Waals surface area contributed by atoms with Gasteiger partial charge < -0.3 is 14.6 Å². The summed E-state index contributed by atoms with van der Waals surface area (Å²) in [5.41, 5.74) is 0.373. The van der Waals surface area contributed by atoms with Crippen LogP contribution in [0.15, 0.2) is 48.5 Å². The third-order valence-electron chi connectivity index (χ3n) is 6.13. The lowest BCUT2D eigenvalue weighted by atomic mass is 9.79. The fourth-order valence-corrected chi connectivity index (χ4v) is 4.71. The largest absolute Gasteiger partial charge is 0.454 e. The van der Waals surface area contributed by atoms with E-state index in [1.165, 1.54) is 0 Å². The van der Waals surface area contributed by atoms with E-state index in [4.69, 9.17) is 79.1 Å². The topological polar surface area (TPSA) is 94.4 Å². The first-order chi connectivity index (χ1) is 18.3. The molecule has 39 heavy (non-hydrogen) atoms. The Hall–Kier alpha value is -1.58. The minimum absolute atomic E-state index is 0.109. The molecule has 0 atom stereocenters. The van der Waals surface area contributed by atoms with E-state index in [1.54, 1.807) is 24.3 Å². The molecule has 1 aliphatic carbocycles. The van der Waals surface area contributed by atoms with Crippen molar-refractivity contribution in [1.29, 1.82) is 0 Å². The van der Waals surface area contributed by atoms with Crippen molar-refractivity contribution >= 4 is 75.4 Å². The molecule has 3 aromatic rings. The number of hydrogen-bond acceptors (Lipinski definition) is 7. The number of rotatable bonds is 4. The zero-order valence-corrected chi connectivity index (χ0v) is 24.9. The summed E-state index contributed by atoms with van der Waals surface area (Å²) in [6, 6.07) is 14.5. The van der Waals surface area contributed by atoms with Gasteiger partial charge in [-0.25, -0.2) is 15.0 Å². The molecule has 0 saturated heterocycles. The van der Waals surface area contributed by atoms with Gasteiger partial charge in [0.1, 0.15) is 11.4 Å². The molecular weight excluding hydrogens is 631 g/mol. The predicted molar refractivity (Wildman–Crippen MR) is 152 cm³/mol. The molecule has 1 aliphatic heterocycles. The SMILES string of the molecule is ClC(Cl)(Cl)c1nc(Cc2ccc3c(c2)OCO3)nc(C(Cl)(Cl)Cl)n1.O=C(c1ccccc1)C1(O)CCCCC1. The molecule has 0 radical (unpaired) electrons. The number of fused-ring (bicyclic) bond motifs is 1. The average Bonchev–Trinajstić information content (AvgIpc) is 3.36. The first kappa shape index (κ1) is 30.4. The van der Waals surface area contributed by atoms with Gasteiger partial charge in [-0.15, -0.1) is 0 Å². The van der Waals surface area contributed by atoms with E-state index in [-0.39, 0.29) is 30.0 Å². The molecule has 208 valence electrons. The van der Waals surface area contributed by atoms with Crippen LogP contribution < -0.4 is 9.47 Å². The van der Waals surface area contributed by atoms with E-state index >= 15 is 0 Å². The normalized spacial score (nSPS) is 16.3. The molecule has 1 fully saturated rings. The summed E-state index contributed by atoms with van der Waals surface area (Å²) in [4.78, 5) is 24.3. The summed E-state index contributed by atoms with van der Waals surface area (Å²) in [6.07, 6.45) is 4.55. The first-order valence-electron chi connectivity index (χ1n) is 12.0. The van der Waals surface area contributed by atoms with E-state index in [0.717, 1.165) is 24.8 Å². The van der Waals surface area contributed by atoms with Crippen LogP contribution in [0.1, 0.15) is 65.5 Å². The monoisotopic (exact) mass is 651 g/mol. The Morgan fingerprint density at radius 3 is 2.00 bits per heavy atom. The molecule has 7 nitrogen and oxygen atoms in total. The summed E-state index contributed by atoms with van der Waals surface area (Å²) in [7, 11) is 0. The predicted octanol–water partition coefficient (Wildman–Crippen LogP) is 7.41. The molecule has 2 aromatic carbocycles. The van der Waals surface area contributed by atoms with Gasteiger partial charge in [0.2, 0.25) is 14.4 Å². The van der Waals surface area contributed by atoms with Crippen LogP contribution in [0.3, 0.4) is 0 Å². The highest BCUT2D eigenvalue weighted by Crippen LogP contribution is 2.40. The minimum atomic E-state index is -1.88. The molecule has 2 heterocycles. The van der Waals surface area contributed by atoms with E-state index in [0.29, 0.717) is 36.3 Å². The number of alkyl halides is 6. The summed E-state index contributed by atoms with van der Waals surface area (Å²) < 4.78 is 6.84. The van der Waals surface area contributed by atoms with E-state index in [9.17, 15) is 9.90 Å². The van der Waals surface area contributed by atoms with E-state index < -0.39 is 13.2 Å². The van der Waals surface area contributed by atoms with Gasteiger partial charge in [-0.1, -0.05) is 125 Å². The summed E-state index contributed by atoms with van der Waals surface area (Å²) in [5.74, 6) is 1.22. The van der Waals surface area contributed by atoms with Crippen LogP contribution in [0.25, 0.3) is 0 Å². The Labute approximate surface area is 255 Å². The standard InChI is InChI=1S/C13H7Cl6N3O2.C13H16O2/c14-12(15,16)10-20-9(21-11(22-10)13(17,18)19)4-6-1-2-7-8(3-6)24-5-23-7;14-12(11-7-3-1-4-8-11)13(15)9-5-2-6-10-13/h1-3H,4-5H2;1,3-4,7-8,15H,2,5-6,9-10H2. The zero-order chi connectivity index (χ0) is 28.3. The number of benzene rings is 2. The van der Waals surface area contributed by atoms with Gasteiger partial charge in [0.05, 0.1) is 0 Å². The van der Waals surface area contributed by atoms with Gasteiger partial charge in [0, 0.05) is 12.0 Å². The third kappa shape index (κ3) is 8.00. The third-order valence-corrected chi connectivity index (χ3v) is 7.14. The van der Waals surface area contributed by atoms with Crippen molar-refractivity contribution in [2.45, 2.75) is 51.7 Å². The number of Topliss-reactive ketones (excluding diaryl/α,β-unsaturated/α-hetero) is 1. The second kappa shape index (κ2) is 12.5. The lowest BCUT2D eigenvalue weighted by molar-refractivity contribution is 0.0116. The Kier molecular flexibility index (Phi) is 9.75. The highest BCUT2D eigenvalue weighted by Gasteiger charge is 2.37. The fraction of sp³-hybridized carbons (Fsp3) is 0.385. The number of carbonyl (C=O) groups excluding carboxylic acids is 1. The Morgan fingerprint density at radius 1 is 0.821 bits per heavy atom. The van der Waals surface area contributed by atoms with Gasteiger partial charge >= 0.3 is 0 Å². The number of carbonyl (C=O) groups is 1. The number of hydrogen-bond donors (Lipinski definition) is 1. The van der Waals surface area contributed by atoms with Gasteiger partial charge in [-0.05, 0) is 30.5 Å². The van der Waals surface area contributed by atoms with Gasteiger partial charge in [0.15, 0.2) is 28.9 Å². The van der Waals surface area contributed by atoms with Crippen LogP contribution in [-0.4, -0.2) is 38.2 Å². The maximum Gasteiger partial charge on any atom is 0.250 e. The van der Waals surface area contributed by atoms with Gasteiger partial charge in [-0.2, -0.15) is 0 Å². The highest BCUT2D eigenvalue weighted by molar-refractivity contribution is 6.67. The Bertz CT molecular complexity index is 1280. The number of aromatic nitrogens is 3. The van der Waals surface area contributed by atoms with Crippen molar-refractivity contribution in [2.75, 3.05) is 6.79 Å². The Balaban J connectivity index is 0.000000202. The van der Waals surface area contributed by atoms with Gasteiger partial charge in [0.25, 0.3) is 0 Å². The number of ether oxygens (including phenoxy) is 2. The van der Waals surface area contributed by atoms with Crippen LogP contribution >= 0.6 is 69.6 Å². The maximum absolute atomic E-state index is 12.1. The zero-order valence-electron chi connectivity index (χ0n) is 20.3. The molecular formula is C26H23Cl6N3O4. The van der Waals surface area contributed by atoms with Crippen LogP contribution in [0.5, 0.6) is 11.5 Å². The number of halogens is 6. The molecule has 5 rings (SSSR count). The lowest BCUT2D eigenvalue weighted by Crippen LogP contribution is -2.40. The minimum Gasteiger partial charge on any atom is -0.454 e. The van der Waals surface area contributed by atoms with Crippen molar-refractivity contribution in [3.8, 4) is 11.5 Å². The Morgan fingerprint density at radius 2 is 1.41 bits per heavy atom.